The number of halogens is 1. The van der Waals surface area contributed by atoms with E-state index < -0.39 is 0 Å². The van der Waals surface area contributed by atoms with Crippen LogP contribution in [0.1, 0.15) is 18.2 Å². The number of hydrogen-bond donors (Lipinski definition) is 0. The number of aryl methyl sites for hydroxylation is 2. The lowest BCUT2D eigenvalue weighted by Crippen LogP contribution is -2.47. The van der Waals surface area contributed by atoms with Crippen molar-refractivity contribution >= 4 is 17.4 Å². The van der Waals surface area contributed by atoms with E-state index in [4.69, 9.17) is 11.6 Å². The van der Waals surface area contributed by atoms with Crippen LogP contribution in [-0.4, -0.2) is 47.4 Å². The topological polar surface area (TPSA) is 24.3 Å². The van der Waals surface area contributed by atoms with Crippen LogP contribution in [0.5, 0.6) is 0 Å². The third kappa shape index (κ3) is 2.43. The van der Waals surface area contributed by atoms with Crippen molar-refractivity contribution in [1.29, 1.82) is 0 Å². The fourth-order valence-corrected chi connectivity index (χ4v) is 2.83. The van der Waals surface area contributed by atoms with Gasteiger partial charge in [0.1, 0.15) is 5.82 Å². The maximum absolute atomic E-state index is 6.04. The van der Waals surface area contributed by atoms with Gasteiger partial charge in [-0.25, -0.2) is 0 Å². The third-order valence-electron chi connectivity index (χ3n) is 3.57. The normalized spacial score (nSPS) is 17.8. The fourth-order valence-electron chi connectivity index (χ4n) is 2.52. The Labute approximate surface area is 108 Å². The molecule has 0 bridgehead atoms. The SMILES string of the molecule is CCN1CCN(c2c(CCl)c(C)nn2C)CC1. The molecule has 0 radical (unpaired) electrons. The predicted molar refractivity (Wildman–Crippen MR) is 71.8 cm³/mol. The highest BCUT2D eigenvalue weighted by atomic mass is 35.5. The van der Waals surface area contributed by atoms with Crippen LogP contribution >= 0.6 is 11.6 Å². The third-order valence-corrected chi connectivity index (χ3v) is 3.83. The molecular weight excluding hydrogens is 236 g/mol. The number of alkyl halides is 1. The zero-order chi connectivity index (χ0) is 12.4. The van der Waals surface area contributed by atoms with Gasteiger partial charge in [-0.05, 0) is 13.5 Å². The van der Waals surface area contributed by atoms with E-state index >= 15 is 0 Å². The quantitative estimate of drug-likeness (QED) is 0.768. The van der Waals surface area contributed by atoms with E-state index in [1.807, 2.05) is 18.7 Å². The van der Waals surface area contributed by atoms with Crippen LogP contribution in [0.4, 0.5) is 5.82 Å². The maximum Gasteiger partial charge on any atom is 0.131 e. The van der Waals surface area contributed by atoms with Gasteiger partial charge in [0.15, 0.2) is 0 Å². The van der Waals surface area contributed by atoms with Crippen molar-refractivity contribution in [2.24, 2.45) is 7.05 Å². The number of anilines is 1. The van der Waals surface area contributed by atoms with E-state index in [0.29, 0.717) is 5.88 Å². The molecule has 1 aliphatic rings. The first-order valence-corrected chi connectivity index (χ1v) is 6.76. The summed E-state index contributed by atoms with van der Waals surface area (Å²) in [7, 11) is 2.00. The molecule has 1 aliphatic heterocycles. The van der Waals surface area contributed by atoms with Gasteiger partial charge in [-0.1, -0.05) is 6.92 Å². The molecular formula is C12H21ClN4. The van der Waals surface area contributed by atoms with Crippen LogP contribution in [0.2, 0.25) is 0 Å². The van der Waals surface area contributed by atoms with Gasteiger partial charge in [-0.15, -0.1) is 11.6 Å². The van der Waals surface area contributed by atoms with Gasteiger partial charge < -0.3 is 9.80 Å². The summed E-state index contributed by atoms with van der Waals surface area (Å²) >= 11 is 6.04. The van der Waals surface area contributed by atoms with Gasteiger partial charge in [-0.3, -0.25) is 4.68 Å². The molecule has 1 aromatic rings. The van der Waals surface area contributed by atoms with E-state index in [2.05, 4.69) is 21.8 Å². The van der Waals surface area contributed by atoms with Crippen LogP contribution in [0, 0.1) is 6.92 Å². The Morgan fingerprint density at radius 2 is 1.88 bits per heavy atom. The zero-order valence-corrected chi connectivity index (χ0v) is 11.7. The summed E-state index contributed by atoms with van der Waals surface area (Å²) in [5, 5.41) is 4.47. The summed E-state index contributed by atoms with van der Waals surface area (Å²) in [4.78, 5) is 4.88. The van der Waals surface area contributed by atoms with Gasteiger partial charge in [-0.2, -0.15) is 5.10 Å². The number of hydrogen-bond acceptors (Lipinski definition) is 3. The highest BCUT2D eigenvalue weighted by molar-refractivity contribution is 6.17. The van der Waals surface area contributed by atoms with Crippen LogP contribution in [0.3, 0.4) is 0 Å². The minimum atomic E-state index is 0.545. The largest absolute Gasteiger partial charge is 0.354 e. The average molecular weight is 257 g/mol. The summed E-state index contributed by atoms with van der Waals surface area (Å²) < 4.78 is 1.97. The molecule has 0 atom stereocenters. The van der Waals surface area contributed by atoms with Crippen LogP contribution in [0.25, 0.3) is 0 Å². The number of piperazine rings is 1. The second kappa shape index (κ2) is 5.27. The Morgan fingerprint density at radius 3 is 2.41 bits per heavy atom. The Bertz CT molecular complexity index is 380. The van der Waals surface area contributed by atoms with Crippen molar-refractivity contribution in [2.45, 2.75) is 19.7 Å². The molecule has 0 aromatic carbocycles. The molecule has 1 aromatic heterocycles. The van der Waals surface area contributed by atoms with Crippen molar-refractivity contribution in [1.82, 2.24) is 14.7 Å². The molecule has 2 heterocycles. The Kier molecular flexibility index (Phi) is 3.94. The van der Waals surface area contributed by atoms with Gasteiger partial charge in [0.05, 0.1) is 11.6 Å². The van der Waals surface area contributed by atoms with Gasteiger partial charge in [0.25, 0.3) is 0 Å². The molecule has 5 heteroatoms. The van der Waals surface area contributed by atoms with E-state index in [1.165, 1.54) is 11.4 Å². The Morgan fingerprint density at radius 1 is 1.24 bits per heavy atom. The highest BCUT2D eigenvalue weighted by Gasteiger charge is 2.22. The predicted octanol–water partition coefficient (Wildman–Crippen LogP) is 1.61. The van der Waals surface area contributed by atoms with Gasteiger partial charge in [0.2, 0.25) is 0 Å². The van der Waals surface area contributed by atoms with E-state index in [-0.39, 0.29) is 0 Å². The lowest BCUT2D eigenvalue weighted by atomic mass is 10.2. The first kappa shape index (κ1) is 12.7. The molecule has 1 fully saturated rings. The summed E-state index contributed by atoms with van der Waals surface area (Å²) in [6, 6.07) is 0. The van der Waals surface area contributed by atoms with Crippen LogP contribution in [-0.2, 0) is 12.9 Å². The number of aromatic nitrogens is 2. The summed E-state index contributed by atoms with van der Waals surface area (Å²) in [6.45, 7) is 9.77. The van der Waals surface area contributed by atoms with Crippen LogP contribution < -0.4 is 4.90 Å². The first-order chi connectivity index (χ1) is 8.17. The zero-order valence-electron chi connectivity index (χ0n) is 10.9. The molecule has 1 saturated heterocycles. The van der Waals surface area contributed by atoms with Crippen molar-refractivity contribution < 1.29 is 0 Å². The smallest absolute Gasteiger partial charge is 0.131 e. The van der Waals surface area contributed by atoms with E-state index in [1.54, 1.807) is 0 Å². The minimum Gasteiger partial charge on any atom is -0.354 e. The fraction of sp³-hybridized carbons (Fsp3) is 0.750. The molecule has 0 unspecified atom stereocenters. The molecule has 96 valence electrons. The number of nitrogens with zero attached hydrogens (tertiary/aromatic N) is 4. The lowest BCUT2D eigenvalue weighted by molar-refractivity contribution is 0.269. The number of likely N-dealkylation sites (N-methyl/N-ethyl adjacent to an activating group) is 1. The molecule has 0 amide bonds. The lowest BCUT2D eigenvalue weighted by Gasteiger charge is -2.35. The molecule has 2 rings (SSSR count). The van der Waals surface area contributed by atoms with Crippen molar-refractivity contribution in [2.75, 3.05) is 37.6 Å². The molecule has 0 saturated carbocycles. The van der Waals surface area contributed by atoms with Gasteiger partial charge >= 0.3 is 0 Å². The van der Waals surface area contributed by atoms with Gasteiger partial charge in [0, 0.05) is 38.8 Å². The molecule has 0 aliphatic carbocycles. The Hall–Kier alpha value is -0.740. The summed E-state index contributed by atoms with van der Waals surface area (Å²) in [6.07, 6.45) is 0. The molecule has 0 N–H and O–H groups in total. The first-order valence-electron chi connectivity index (χ1n) is 6.23. The van der Waals surface area contributed by atoms with Crippen molar-refractivity contribution in [3.8, 4) is 0 Å². The standard InChI is InChI=1S/C12H21ClN4/c1-4-16-5-7-17(8-6-16)12-11(9-13)10(2)14-15(12)3/h4-9H2,1-3H3. The number of rotatable bonds is 3. The van der Waals surface area contributed by atoms with E-state index in [0.717, 1.165) is 38.4 Å². The monoisotopic (exact) mass is 256 g/mol. The molecule has 0 spiro atoms. The van der Waals surface area contributed by atoms with Crippen molar-refractivity contribution in [3.05, 3.63) is 11.3 Å². The Balaban J connectivity index is 2.18. The second-order valence-corrected chi connectivity index (χ2v) is 4.83. The molecule has 17 heavy (non-hydrogen) atoms. The van der Waals surface area contributed by atoms with Crippen LogP contribution in [0.15, 0.2) is 0 Å². The minimum absolute atomic E-state index is 0.545. The second-order valence-electron chi connectivity index (χ2n) is 4.57. The summed E-state index contributed by atoms with van der Waals surface area (Å²) in [5.74, 6) is 1.75. The average Bonchev–Trinajstić information content (AvgIpc) is 2.63. The van der Waals surface area contributed by atoms with E-state index in [9.17, 15) is 0 Å². The molecule has 4 nitrogen and oxygen atoms in total. The summed E-state index contributed by atoms with van der Waals surface area (Å²) in [5.41, 5.74) is 2.23. The highest BCUT2D eigenvalue weighted by Crippen LogP contribution is 2.25. The maximum atomic E-state index is 6.04. The van der Waals surface area contributed by atoms with Crippen molar-refractivity contribution in [3.63, 3.8) is 0 Å².